The molecule has 18 heavy (non-hydrogen) atoms. The van der Waals surface area contributed by atoms with Crippen LogP contribution in [0.3, 0.4) is 0 Å². The summed E-state index contributed by atoms with van der Waals surface area (Å²) in [7, 11) is 0. The van der Waals surface area contributed by atoms with E-state index in [0.717, 1.165) is 31.0 Å². The van der Waals surface area contributed by atoms with Crippen molar-refractivity contribution in [2.45, 2.75) is 53.6 Å². The minimum atomic E-state index is 0.179. The Balaban J connectivity index is 2.67. The van der Waals surface area contributed by atoms with Gasteiger partial charge in [-0.25, -0.2) is 4.98 Å². The lowest BCUT2D eigenvalue weighted by atomic mass is 10.1. The molecule has 4 heteroatoms. The highest BCUT2D eigenvalue weighted by atomic mass is 16.5. The maximum atomic E-state index is 5.84. The van der Waals surface area contributed by atoms with Crippen LogP contribution >= 0.6 is 0 Å². The van der Waals surface area contributed by atoms with Crippen LogP contribution in [0.1, 0.15) is 46.4 Å². The number of nitrogens with one attached hydrogen (secondary N) is 1. The van der Waals surface area contributed by atoms with Gasteiger partial charge in [-0.1, -0.05) is 20.8 Å². The molecule has 1 unspecified atom stereocenters. The van der Waals surface area contributed by atoms with Crippen molar-refractivity contribution < 1.29 is 4.74 Å². The van der Waals surface area contributed by atoms with E-state index in [9.17, 15) is 0 Å². The molecule has 1 aromatic heterocycles. The summed E-state index contributed by atoms with van der Waals surface area (Å²) >= 11 is 0. The molecule has 0 aromatic carbocycles. The van der Waals surface area contributed by atoms with Gasteiger partial charge in [0, 0.05) is 12.6 Å². The minimum absolute atomic E-state index is 0.179. The zero-order chi connectivity index (χ0) is 13.5. The summed E-state index contributed by atoms with van der Waals surface area (Å²) in [6.07, 6.45) is 2.28. The molecule has 102 valence electrons. The third-order valence-corrected chi connectivity index (χ3v) is 2.50. The van der Waals surface area contributed by atoms with E-state index in [4.69, 9.17) is 4.74 Å². The summed E-state index contributed by atoms with van der Waals surface area (Å²) in [6, 6.07) is 1.87. The molecule has 0 saturated carbocycles. The number of aromatic nitrogens is 2. The van der Waals surface area contributed by atoms with Crippen LogP contribution in [0.5, 0.6) is 5.88 Å². The largest absolute Gasteiger partial charge is 0.474 e. The summed E-state index contributed by atoms with van der Waals surface area (Å²) in [6.45, 7) is 11.4. The maximum absolute atomic E-state index is 5.84. The summed E-state index contributed by atoms with van der Waals surface area (Å²) in [5, 5.41) is 3.26. The molecule has 1 heterocycles. The molecule has 0 aliphatic heterocycles. The van der Waals surface area contributed by atoms with Gasteiger partial charge in [0.1, 0.15) is 11.6 Å². The molecule has 0 aliphatic rings. The van der Waals surface area contributed by atoms with Gasteiger partial charge in [0.25, 0.3) is 0 Å². The van der Waals surface area contributed by atoms with E-state index in [0.29, 0.717) is 11.8 Å². The number of aryl methyl sites for hydroxylation is 1. The van der Waals surface area contributed by atoms with Crippen LogP contribution in [0.4, 0.5) is 5.82 Å². The molecular formula is C14H25N3O. The number of hydrogen-bond donors (Lipinski definition) is 1. The van der Waals surface area contributed by atoms with Gasteiger partial charge in [0.05, 0.1) is 6.10 Å². The van der Waals surface area contributed by atoms with Crippen LogP contribution in [-0.4, -0.2) is 22.6 Å². The fraction of sp³-hybridized carbons (Fsp3) is 0.714. The lowest BCUT2D eigenvalue weighted by Gasteiger charge is -2.16. The van der Waals surface area contributed by atoms with Crippen molar-refractivity contribution >= 4 is 5.82 Å². The van der Waals surface area contributed by atoms with Crippen LogP contribution in [0, 0.1) is 12.8 Å². The Morgan fingerprint density at radius 3 is 2.61 bits per heavy atom. The second-order valence-electron chi connectivity index (χ2n) is 5.12. The molecule has 0 fully saturated rings. The molecule has 0 amide bonds. The molecule has 1 aromatic rings. The standard InChI is InChI=1S/C14H25N3O/c1-6-7-15-13-9-14(17-12(5)16-13)18-11(4)8-10(2)3/h9-11H,6-8H2,1-5H3,(H,15,16,17). The minimum Gasteiger partial charge on any atom is -0.474 e. The van der Waals surface area contributed by atoms with Crippen LogP contribution in [0.2, 0.25) is 0 Å². The third-order valence-electron chi connectivity index (χ3n) is 2.50. The number of ether oxygens (including phenoxy) is 1. The van der Waals surface area contributed by atoms with Crippen LogP contribution in [0.15, 0.2) is 6.07 Å². The lowest BCUT2D eigenvalue weighted by Crippen LogP contribution is -2.16. The van der Waals surface area contributed by atoms with E-state index < -0.39 is 0 Å². The van der Waals surface area contributed by atoms with E-state index in [2.05, 4.69) is 43.0 Å². The number of rotatable bonds is 7. The third kappa shape index (κ3) is 5.34. The second-order valence-corrected chi connectivity index (χ2v) is 5.12. The molecule has 1 N–H and O–H groups in total. The van der Waals surface area contributed by atoms with Gasteiger partial charge < -0.3 is 10.1 Å². The second kappa shape index (κ2) is 7.19. The fourth-order valence-corrected chi connectivity index (χ4v) is 1.86. The summed E-state index contributed by atoms with van der Waals surface area (Å²) in [5.41, 5.74) is 0. The van der Waals surface area contributed by atoms with Crippen molar-refractivity contribution in [3.63, 3.8) is 0 Å². The summed E-state index contributed by atoms with van der Waals surface area (Å²) in [4.78, 5) is 8.65. The van der Waals surface area contributed by atoms with Crippen molar-refractivity contribution in [1.29, 1.82) is 0 Å². The first-order valence-corrected chi connectivity index (χ1v) is 6.77. The van der Waals surface area contributed by atoms with Crippen molar-refractivity contribution in [3.8, 4) is 5.88 Å². The van der Waals surface area contributed by atoms with E-state index >= 15 is 0 Å². The highest BCUT2D eigenvalue weighted by molar-refractivity contribution is 5.38. The van der Waals surface area contributed by atoms with E-state index in [1.54, 1.807) is 0 Å². The van der Waals surface area contributed by atoms with Crippen LogP contribution in [0.25, 0.3) is 0 Å². The van der Waals surface area contributed by atoms with Gasteiger partial charge >= 0.3 is 0 Å². The van der Waals surface area contributed by atoms with E-state index in [-0.39, 0.29) is 6.10 Å². The van der Waals surface area contributed by atoms with Gasteiger partial charge in [-0.3, -0.25) is 0 Å². The Kier molecular flexibility index (Phi) is 5.89. The van der Waals surface area contributed by atoms with Gasteiger partial charge in [0.15, 0.2) is 0 Å². The average Bonchev–Trinajstić information content (AvgIpc) is 2.24. The predicted octanol–water partition coefficient (Wildman–Crippen LogP) is 3.42. The van der Waals surface area contributed by atoms with Gasteiger partial charge in [-0.2, -0.15) is 4.98 Å². The first-order valence-electron chi connectivity index (χ1n) is 6.77. The Morgan fingerprint density at radius 1 is 1.28 bits per heavy atom. The molecule has 0 spiro atoms. The molecule has 1 atom stereocenters. The predicted molar refractivity (Wildman–Crippen MR) is 75.1 cm³/mol. The van der Waals surface area contributed by atoms with Crippen molar-refractivity contribution in [2.75, 3.05) is 11.9 Å². The first-order chi connectivity index (χ1) is 8.51. The average molecular weight is 251 g/mol. The Hall–Kier alpha value is -1.32. The van der Waals surface area contributed by atoms with Gasteiger partial charge in [0.2, 0.25) is 5.88 Å². The van der Waals surface area contributed by atoms with E-state index in [1.165, 1.54) is 0 Å². The lowest BCUT2D eigenvalue weighted by molar-refractivity contribution is 0.185. The van der Waals surface area contributed by atoms with E-state index in [1.807, 2.05) is 13.0 Å². The smallest absolute Gasteiger partial charge is 0.218 e. The Bertz CT molecular complexity index is 366. The Labute approximate surface area is 110 Å². The molecule has 0 bridgehead atoms. The monoisotopic (exact) mass is 251 g/mol. The zero-order valence-corrected chi connectivity index (χ0v) is 12.2. The first kappa shape index (κ1) is 14.7. The number of anilines is 1. The summed E-state index contributed by atoms with van der Waals surface area (Å²) in [5.74, 6) is 2.87. The number of nitrogens with zero attached hydrogens (tertiary/aromatic N) is 2. The fourth-order valence-electron chi connectivity index (χ4n) is 1.86. The van der Waals surface area contributed by atoms with Crippen LogP contribution < -0.4 is 10.1 Å². The zero-order valence-electron chi connectivity index (χ0n) is 12.2. The van der Waals surface area contributed by atoms with Gasteiger partial charge in [-0.15, -0.1) is 0 Å². The molecule has 4 nitrogen and oxygen atoms in total. The normalized spacial score (nSPS) is 12.6. The molecule has 1 rings (SSSR count). The Morgan fingerprint density at radius 2 is 2.00 bits per heavy atom. The van der Waals surface area contributed by atoms with Crippen molar-refractivity contribution in [3.05, 3.63) is 11.9 Å². The molecular weight excluding hydrogens is 226 g/mol. The van der Waals surface area contributed by atoms with Crippen molar-refractivity contribution in [1.82, 2.24) is 9.97 Å². The van der Waals surface area contributed by atoms with Crippen molar-refractivity contribution in [2.24, 2.45) is 5.92 Å². The SMILES string of the molecule is CCCNc1cc(OC(C)CC(C)C)nc(C)n1. The van der Waals surface area contributed by atoms with Gasteiger partial charge in [-0.05, 0) is 32.6 Å². The maximum Gasteiger partial charge on any atom is 0.218 e. The summed E-state index contributed by atoms with van der Waals surface area (Å²) < 4.78 is 5.84. The molecule has 0 radical (unpaired) electrons. The number of hydrogen-bond acceptors (Lipinski definition) is 4. The van der Waals surface area contributed by atoms with Crippen LogP contribution in [-0.2, 0) is 0 Å². The topological polar surface area (TPSA) is 47.0 Å². The highest BCUT2D eigenvalue weighted by Gasteiger charge is 2.09. The highest BCUT2D eigenvalue weighted by Crippen LogP contribution is 2.17. The molecule has 0 aliphatic carbocycles. The molecule has 0 saturated heterocycles. The quantitative estimate of drug-likeness (QED) is 0.806.